The van der Waals surface area contributed by atoms with Crippen molar-refractivity contribution < 1.29 is 9.59 Å². The largest absolute Gasteiger partial charge is 0.326 e. The number of amides is 2. The van der Waals surface area contributed by atoms with Crippen molar-refractivity contribution >= 4 is 29.3 Å². The lowest BCUT2D eigenvalue weighted by Crippen LogP contribution is -2.34. The zero-order valence-electron chi connectivity index (χ0n) is 12.2. The summed E-state index contributed by atoms with van der Waals surface area (Å²) in [5.41, 5.74) is 2.66. The molecule has 1 aromatic rings. The van der Waals surface area contributed by atoms with Crippen LogP contribution in [0.5, 0.6) is 0 Å². The van der Waals surface area contributed by atoms with Crippen molar-refractivity contribution in [1.82, 2.24) is 4.90 Å². The summed E-state index contributed by atoms with van der Waals surface area (Å²) in [6.07, 6.45) is 3.37. The Hall–Kier alpha value is -1.49. The molecular formula is C16H20N2O2S. The molecule has 1 atom stereocenters. The molecule has 4 nitrogen and oxygen atoms in total. The van der Waals surface area contributed by atoms with Gasteiger partial charge < -0.3 is 10.2 Å². The van der Waals surface area contributed by atoms with Crippen LogP contribution in [-0.4, -0.2) is 34.4 Å². The number of thioether (sulfide) groups is 1. The lowest BCUT2D eigenvalue weighted by atomic mass is 10.00. The first kappa shape index (κ1) is 14.4. The molecule has 21 heavy (non-hydrogen) atoms. The van der Waals surface area contributed by atoms with E-state index in [1.165, 1.54) is 0 Å². The number of hydrogen-bond acceptors (Lipinski definition) is 3. The molecule has 1 saturated heterocycles. The van der Waals surface area contributed by atoms with Crippen molar-refractivity contribution in [3.8, 4) is 0 Å². The third-order valence-corrected chi connectivity index (χ3v) is 5.33. The highest BCUT2D eigenvalue weighted by molar-refractivity contribution is 8.00. The quantitative estimate of drug-likeness (QED) is 0.934. The first-order valence-electron chi connectivity index (χ1n) is 7.54. The van der Waals surface area contributed by atoms with Crippen molar-refractivity contribution in [3.63, 3.8) is 0 Å². The molecule has 2 amide bonds. The van der Waals surface area contributed by atoms with Gasteiger partial charge in [0, 0.05) is 30.0 Å². The molecule has 1 fully saturated rings. The second-order valence-corrected chi connectivity index (χ2v) is 6.82. The molecular weight excluding hydrogens is 284 g/mol. The molecule has 1 N–H and O–H groups in total. The lowest BCUT2D eigenvalue weighted by Gasteiger charge is -2.24. The number of carbonyl (C=O) groups is 2. The Labute approximate surface area is 129 Å². The second-order valence-electron chi connectivity index (χ2n) is 5.53. The van der Waals surface area contributed by atoms with Gasteiger partial charge in [-0.05, 0) is 36.6 Å². The number of hydrogen-bond donors (Lipinski definition) is 1. The minimum atomic E-state index is 0.0560. The van der Waals surface area contributed by atoms with E-state index in [0.717, 1.165) is 48.4 Å². The molecule has 0 radical (unpaired) electrons. The summed E-state index contributed by atoms with van der Waals surface area (Å²) >= 11 is 1.88. The van der Waals surface area contributed by atoms with Crippen LogP contribution in [-0.2, 0) is 11.2 Å². The number of aryl methyl sites for hydroxylation is 1. The summed E-state index contributed by atoms with van der Waals surface area (Å²) in [5.74, 6) is 1.20. The summed E-state index contributed by atoms with van der Waals surface area (Å²) in [5, 5.41) is 3.17. The van der Waals surface area contributed by atoms with Gasteiger partial charge in [-0.2, -0.15) is 0 Å². The fraction of sp³-hybridized carbons (Fsp3) is 0.500. The first-order chi connectivity index (χ1) is 10.2. The maximum atomic E-state index is 12.7. The average molecular weight is 304 g/mol. The Kier molecular flexibility index (Phi) is 4.19. The second kappa shape index (κ2) is 6.10. The van der Waals surface area contributed by atoms with Gasteiger partial charge >= 0.3 is 0 Å². The van der Waals surface area contributed by atoms with E-state index < -0.39 is 0 Å². The summed E-state index contributed by atoms with van der Waals surface area (Å²) in [4.78, 5) is 26.1. The van der Waals surface area contributed by atoms with Crippen LogP contribution in [0.15, 0.2) is 18.2 Å². The van der Waals surface area contributed by atoms with Crippen LogP contribution in [0.1, 0.15) is 42.1 Å². The lowest BCUT2D eigenvalue weighted by molar-refractivity contribution is -0.116. The van der Waals surface area contributed by atoms with Crippen molar-refractivity contribution in [3.05, 3.63) is 29.3 Å². The zero-order valence-corrected chi connectivity index (χ0v) is 13.0. The Balaban J connectivity index is 1.80. The fourth-order valence-corrected chi connectivity index (χ4v) is 4.28. The van der Waals surface area contributed by atoms with E-state index in [2.05, 4.69) is 12.2 Å². The van der Waals surface area contributed by atoms with Gasteiger partial charge in [-0.3, -0.25) is 9.59 Å². The van der Waals surface area contributed by atoms with E-state index in [0.29, 0.717) is 11.8 Å². The van der Waals surface area contributed by atoms with E-state index in [9.17, 15) is 9.59 Å². The number of nitrogens with one attached hydrogen (secondary N) is 1. The molecule has 0 aromatic heterocycles. The average Bonchev–Trinajstić information content (AvgIpc) is 2.94. The third-order valence-electron chi connectivity index (χ3n) is 4.03. The Morgan fingerprint density at radius 3 is 3.10 bits per heavy atom. The van der Waals surface area contributed by atoms with Crippen molar-refractivity contribution in [1.29, 1.82) is 0 Å². The standard InChI is InChI=1S/C16H20N2O2S/c1-2-3-15-18(8-9-21-15)16(20)12-4-6-13-11(10-12)5-7-14(19)17-13/h4,6,10,15H,2-3,5,7-9H2,1H3,(H,17,19). The van der Waals surface area contributed by atoms with Gasteiger partial charge in [0.25, 0.3) is 5.91 Å². The van der Waals surface area contributed by atoms with Crippen LogP contribution < -0.4 is 5.32 Å². The minimum Gasteiger partial charge on any atom is -0.326 e. The number of rotatable bonds is 3. The van der Waals surface area contributed by atoms with Gasteiger partial charge in [-0.15, -0.1) is 11.8 Å². The molecule has 0 aliphatic carbocycles. The predicted octanol–water partition coefficient (Wildman–Crippen LogP) is 2.89. The van der Waals surface area contributed by atoms with Crippen LogP contribution >= 0.6 is 11.8 Å². The Bertz CT molecular complexity index is 573. The molecule has 112 valence electrons. The highest BCUT2D eigenvalue weighted by Crippen LogP contribution is 2.30. The number of anilines is 1. The molecule has 1 unspecified atom stereocenters. The number of fused-ring (bicyclic) bond motifs is 1. The highest BCUT2D eigenvalue weighted by Gasteiger charge is 2.29. The molecule has 2 aliphatic heterocycles. The number of carbonyl (C=O) groups excluding carboxylic acids is 2. The van der Waals surface area contributed by atoms with Gasteiger partial charge in [0.1, 0.15) is 0 Å². The molecule has 5 heteroatoms. The normalized spacial score (nSPS) is 21.1. The van der Waals surface area contributed by atoms with Crippen LogP contribution in [0.25, 0.3) is 0 Å². The van der Waals surface area contributed by atoms with Crippen LogP contribution in [0, 0.1) is 0 Å². The smallest absolute Gasteiger partial charge is 0.254 e. The van der Waals surface area contributed by atoms with Gasteiger partial charge in [-0.1, -0.05) is 13.3 Å². The molecule has 2 heterocycles. The molecule has 0 spiro atoms. The van der Waals surface area contributed by atoms with E-state index >= 15 is 0 Å². The zero-order chi connectivity index (χ0) is 14.8. The summed E-state index contributed by atoms with van der Waals surface area (Å²) in [6.45, 7) is 2.99. The monoisotopic (exact) mass is 304 g/mol. The van der Waals surface area contributed by atoms with Gasteiger partial charge in [0.15, 0.2) is 0 Å². The first-order valence-corrected chi connectivity index (χ1v) is 8.59. The Morgan fingerprint density at radius 2 is 2.29 bits per heavy atom. The van der Waals surface area contributed by atoms with Crippen LogP contribution in [0.2, 0.25) is 0 Å². The molecule has 3 rings (SSSR count). The van der Waals surface area contributed by atoms with E-state index in [1.54, 1.807) is 0 Å². The maximum Gasteiger partial charge on any atom is 0.254 e. The molecule has 1 aromatic carbocycles. The third kappa shape index (κ3) is 2.93. The summed E-state index contributed by atoms with van der Waals surface area (Å²) < 4.78 is 0. The van der Waals surface area contributed by atoms with Crippen molar-refractivity contribution in [2.24, 2.45) is 0 Å². The fourth-order valence-electron chi connectivity index (χ4n) is 2.92. The highest BCUT2D eigenvalue weighted by atomic mass is 32.2. The summed E-state index contributed by atoms with van der Waals surface area (Å²) in [7, 11) is 0. The summed E-state index contributed by atoms with van der Waals surface area (Å²) in [6, 6.07) is 5.64. The van der Waals surface area contributed by atoms with Crippen LogP contribution in [0.4, 0.5) is 5.69 Å². The van der Waals surface area contributed by atoms with E-state index in [-0.39, 0.29) is 11.8 Å². The van der Waals surface area contributed by atoms with E-state index in [1.807, 2.05) is 34.9 Å². The molecule has 0 bridgehead atoms. The molecule has 0 saturated carbocycles. The molecule has 2 aliphatic rings. The Morgan fingerprint density at radius 1 is 1.43 bits per heavy atom. The van der Waals surface area contributed by atoms with Crippen molar-refractivity contribution in [2.75, 3.05) is 17.6 Å². The topological polar surface area (TPSA) is 49.4 Å². The predicted molar refractivity (Wildman–Crippen MR) is 85.6 cm³/mol. The minimum absolute atomic E-state index is 0.0560. The van der Waals surface area contributed by atoms with Crippen molar-refractivity contribution in [2.45, 2.75) is 38.0 Å². The van der Waals surface area contributed by atoms with Gasteiger partial charge in [0.05, 0.1) is 5.37 Å². The number of nitrogens with zero attached hydrogens (tertiary/aromatic N) is 1. The van der Waals surface area contributed by atoms with E-state index in [4.69, 9.17) is 0 Å². The number of benzene rings is 1. The van der Waals surface area contributed by atoms with Crippen LogP contribution in [0.3, 0.4) is 0 Å². The maximum absolute atomic E-state index is 12.7. The SMILES string of the molecule is CCCC1SCCN1C(=O)c1ccc2c(c1)CCC(=O)N2. The van der Waals surface area contributed by atoms with Gasteiger partial charge in [-0.25, -0.2) is 0 Å². The van der Waals surface area contributed by atoms with Gasteiger partial charge in [0.2, 0.25) is 5.91 Å².